The van der Waals surface area contributed by atoms with Gasteiger partial charge in [0.25, 0.3) is 0 Å². The van der Waals surface area contributed by atoms with Crippen LogP contribution >= 0.6 is 0 Å². The topological polar surface area (TPSA) is 59.4 Å². The molecule has 2 aromatic rings. The molecule has 0 bridgehead atoms. The number of benzene rings is 1. The maximum atomic E-state index is 12.5. The first-order valence-corrected chi connectivity index (χ1v) is 8.73. The summed E-state index contributed by atoms with van der Waals surface area (Å²) in [5, 5.41) is 7.25. The molecule has 0 saturated heterocycles. The third-order valence-corrected chi connectivity index (χ3v) is 4.87. The lowest BCUT2D eigenvalue weighted by Crippen LogP contribution is -2.39. The van der Waals surface area contributed by atoms with E-state index < -0.39 is 0 Å². The Labute approximate surface area is 148 Å². The van der Waals surface area contributed by atoms with E-state index in [1.807, 2.05) is 6.92 Å². The number of aromatic nitrogens is 2. The number of methoxy groups -OCH3 is 1. The Morgan fingerprint density at radius 1 is 1.40 bits per heavy atom. The first kappa shape index (κ1) is 17.3. The summed E-state index contributed by atoms with van der Waals surface area (Å²) in [7, 11) is 3.38. The quantitative estimate of drug-likeness (QED) is 0.908. The second kappa shape index (κ2) is 7.17. The minimum Gasteiger partial charge on any atom is -0.480 e. The number of ether oxygens (including phenoxy) is 1. The third-order valence-electron chi connectivity index (χ3n) is 4.87. The summed E-state index contributed by atoms with van der Waals surface area (Å²) in [4.78, 5) is 14.8. The van der Waals surface area contributed by atoms with Gasteiger partial charge in [0.15, 0.2) is 0 Å². The highest BCUT2D eigenvalue weighted by molar-refractivity contribution is 5.93. The number of nitrogens with one attached hydrogen (secondary N) is 1. The molecule has 1 aliphatic heterocycles. The Hall–Kier alpha value is -2.50. The van der Waals surface area contributed by atoms with E-state index in [0.29, 0.717) is 30.6 Å². The number of anilines is 2. The first-order valence-electron chi connectivity index (χ1n) is 8.73. The van der Waals surface area contributed by atoms with E-state index >= 15 is 0 Å². The number of hydrogen-bond donors (Lipinski definition) is 1. The van der Waals surface area contributed by atoms with Crippen LogP contribution in [0.4, 0.5) is 11.4 Å². The monoisotopic (exact) mass is 342 g/mol. The van der Waals surface area contributed by atoms with Crippen molar-refractivity contribution in [3.8, 4) is 5.88 Å². The van der Waals surface area contributed by atoms with E-state index in [4.69, 9.17) is 4.74 Å². The number of para-hydroxylation sites is 1. The molecule has 0 fully saturated rings. The van der Waals surface area contributed by atoms with Gasteiger partial charge in [0.2, 0.25) is 11.8 Å². The van der Waals surface area contributed by atoms with Crippen molar-refractivity contribution in [2.75, 3.05) is 23.9 Å². The van der Waals surface area contributed by atoms with Crippen LogP contribution in [0, 0.1) is 6.92 Å². The van der Waals surface area contributed by atoms with Crippen LogP contribution < -0.4 is 15.0 Å². The Balaban J connectivity index is 1.67. The third kappa shape index (κ3) is 3.48. The van der Waals surface area contributed by atoms with Gasteiger partial charge in [-0.2, -0.15) is 5.10 Å². The van der Waals surface area contributed by atoms with E-state index in [9.17, 15) is 4.79 Å². The van der Waals surface area contributed by atoms with E-state index in [1.54, 1.807) is 18.8 Å². The molecule has 1 N–H and O–H groups in total. The van der Waals surface area contributed by atoms with Crippen molar-refractivity contribution in [2.24, 2.45) is 7.05 Å². The molecular weight excluding hydrogens is 316 g/mol. The summed E-state index contributed by atoms with van der Waals surface area (Å²) < 4.78 is 6.96. The maximum absolute atomic E-state index is 12.5. The number of aryl methyl sites for hydroxylation is 3. The molecule has 6 nitrogen and oxygen atoms in total. The van der Waals surface area contributed by atoms with Crippen LogP contribution in [-0.2, 0) is 18.3 Å². The SMILES string of the molecule is COc1c(NC(=O)CCN2c3ccccc3CCC2C)c(C)nn1C. The fourth-order valence-corrected chi connectivity index (χ4v) is 3.54. The van der Waals surface area contributed by atoms with Gasteiger partial charge in [0, 0.05) is 31.7 Å². The molecule has 25 heavy (non-hydrogen) atoms. The predicted molar refractivity (Wildman–Crippen MR) is 99.3 cm³/mol. The lowest BCUT2D eigenvalue weighted by Gasteiger charge is -2.37. The van der Waals surface area contributed by atoms with E-state index in [0.717, 1.165) is 18.5 Å². The zero-order valence-electron chi connectivity index (χ0n) is 15.4. The van der Waals surface area contributed by atoms with Crippen LogP contribution in [0.5, 0.6) is 5.88 Å². The molecule has 1 aromatic heterocycles. The minimum absolute atomic E-state index is 0.0235. The standard InChI is InChI=1S/C19H26N4O2/c1-13-9-10-15-7-5-6-8-16(15)23(13)12-11-17(24)20-18-14(2)21-22(3)19(18)25-4/h5-8,13H,9-12H2,1-4H3,(H,20,24). The number of amides is 1. The summed E-state index contributed by atoms with van der Waals surface area (Å²) in [6.45, 7) is 4.79. The van der Waals surface area contributed by atoms with Gasteiger partial charge in [-0.25, -0.2) is 4.68 Å². The highest BCUT2D eigenvalue weighted by Gasteiger charge is 2.23. The second-order valence-corrected chi connectivity index (χ2v) is 6.60. The smallest absolute Gasteiger partial charge is 0.236 e. The summed E-state index contributed by atoms with van der Waals surface area (Å²) in [5.41, 5.74) is 4.03. The second-order valence-electron chi connectivity index (χ2n) is 6.60. The fraction of sp³-hybridized carbons (Fsp3) is 0.474. The van der Waals surface area contributed by atoms with Gasteiger partial charge >= 0.3 is 0 Å². The molecule has 0 aliphatic carbocycles. The van der Waals surface area contributed by atoms with Crippen LogP contribution in [0.25, 0.3) is 0 Å². The number of carbonyl (C=O) groups excluding carboxylic acids is 1. The van der Waals surface area contributed by atoms with Crippen molar-refractivity contribution in [2.45, 2.75) is 39.2 Å². The first-order chi connectivity index (χ1) is 12.0. The molecule has 1 aliphatic rings. The van der Waals surface area contributed by atoms with Gasteiger partial charge in [-0.1, -0.05) is 18.2 Å². The van der Waals surface area contributed by atoms with Crippen molar-refractivity contribution < 1.29 is 9.53 Å². The minimum atomic E-state index is -0.0235. The Morgan fingerprint density at radius 2 is 2.16 bits per heavy atom. The molecule has 1 atom stereocenters. The summed E-state index contributed by atoms with van der Waals surface area (Å²) >= 11 is 0. The molecule has 6 heteroatoms. The van der Waals surface area contributed by atoms with E-state index in [2.05, 4.69) is 46.5 Å². The molecule has 134 valence electrons. The van der Waals surface area contributed by atoms with Crippen LogP contribution in [0.2, 0.25) is 0 Å². The molecule has 0 saturated carbocycles. The number of rotatable bonds is 5. The van der Waals surface area contributed by atoms with Gasteiger partial charge in [-0.15, -0.1) is 0 Å². The largest absolute Gasteiger partial charge is 0.480 e. The summed E-state index contributed by atoms with van der Waals surface area (Å²) in [5.74, 6) is 0.548. The zero-order valence-corrected chi connectivity index (χ0v) is 15.4. The number of hydrogen-bond acceptors (Lipinski definition) is 4. The van der Waals surface area contributed by atoms with Crippen LogP contribution in [-0.4, -0.2) is 35.4 Å². The molecule has 2 heterocycles. The molecule has 0 spiro atoms. The number of nitrogens with zero attached hydrogens (tertiary/aromatic N) is 3. The summed E-state index contributed by atoms with van der Waals surface area (Å²) in [6.07, 6.45) is 2.65. The van der Waals surface area contributed by atoms with E-state index in [1.165, 1.54) is 11.3 Å². The lowest BCUT2D eigenvalue weighted by atomic mass is 9.96. The highest BCUT2D eigenvalue weighted by Crippen LogP contribution is 2.31. The molecule has 1 amide bonds. The maximum Gasteiger partial charge on any atom is 0.236 e. The average molecular weight is 342 g/mol. The van der Waals surface area contributed by atoms with Gasteiger partial charge in [-0.05, 0) is 38.3 Å². The van der Waals surface area contributed by atoms with Gasteiger partial charge in [-0.3, -0.25) is 4.79 Å². The van der Waals surface area contributed by atoms with Crippen molar-refractivity contribution in [3.63, 3.8) is 0 Å². The van der Waals surface area contributed by atoms with Crippen molar-refractivity contribution in [1.29, 1.82) is 0 Å². The van der Waals surface area contributed by atoms with E-state index in [-0.39, 0.29) is 5.91 Å². The van der Waals surface area contributed by atoms with Crippen molar-refractivity contribution in [1.82, 2.24) is 9.78 Å². The lowest BCUT2D eigenvalue weighted by molar-refractivity contribution is -0.116. The van der Waals surface area contributed by atoms with Gasteiger partial charge in [0.05, 0.1) is 12.8 Å². The van der Waals surface area contributed by atoms with Crippen molar-refractivity contribution in [3.05, 3.63) is 35.5 Å². The van der Waals surface area contributed by atoms with Crippen molar-refractivity contribution >= 4 is 17.3 Å². The molecule has 3 rings (SSSR count). The zero-order chi connectivity index (χ0) is 18.0. The highest BCUT2D eigenvalue weighted by atomic mass is 16.5. The molecule has 1 unspecified atom stereocenters. The Bertz CT molecular complexity index is 769. The summed E-state index contributed by atoms with van der Waals surface area (Å²) in [6, 6.07) is 8.91. The normalized spacial score (nSPS) is 16.5. The molecular formula is C19H26N4O2. The fourth-order valence-electron chi connectivity index (χ4n) is 3.54. The molecule has 0 radical (unpaired) electrons. The number of fused-ring (bicyclic) bond motifs is 1. The number of carbonyl (C=O) groups is 1. The Kier molecular flexibility index (Phi) is 4.97. The van der Waals surface area contributed by atoms with Gasteiger partial charge in [0.1, 0.15) is 5.69 Å². The van der Waals surface area contributed by atoms with Gasteiger partial charge < -0.3 is 15.0 Å². The molecule has 1 aromatic carbocycles. The predicted octanol–water partition coefficient (Wildman–Crippen LogP) is 2.91. The average Bonchev–Trinajstić information content (AvgIpc) is 2.86. The Morgan fingerprint density at radius 3 is 2.92 bits per heavy atom. The van der Waals surface area contributed by atoms with Crippen LogP contribution in [0.3, 0.4) is 0 Å². The van der Waals surface area contributed by atoms with Crippen LogP contribution in [0.1, 0.15) is 31.0 Å². The van der Waals surface area contributed by atoms with Crippen LogP contribution in [0.15, 0.2) is 24.3 Å².